The van der Waals surface area contributed by atoms with E-state index in [1.807, 2.05) is 34.6 Å². The average Bonchev–Trinajstić information content (AvgIpc) is 2.45. The molecule has 1 aliphatic rings. The molecule has 8 heteroatoms. The molecule has 0 radical (unpaired) electrons. The highest BCUT2D eigenvalue weighted by molar-refractivity contribution is 5.68. The first kappa shape index (κ1) is 18.3. The van der Waals surface area contributed by atoms with Crippen molar-refractivity contribution in [1.82, 2.24) is 9.91 Å². The van der Waals surface area contributed by atoms with Gasteiger partial charge in [0.2, 0.25) is 5.28 Å². The van der Waals surface area contributed by atoms with E-state index in [9.17, 15) is 10.0 Å². The van der Waals surface area contributed by atoms with E-state index >= 15 is 0 Å². The molecular weight excluding hydrogens is 288 g/mol. The molecule has 0 bridgehead atoms. The van der Waals surface area contributed by atoms with Gasteiger partial charge in [0.05, 0.1) is 18.1 Å². The van der Waals surface area contributed by atoms with Gasteiger partial charge < -0.3 is 19.7 Å². The lowest BCUT2D eigenvalue weighted by atomic mass is 10.1. The summed E-state index contributed by atoms with van der Waals surface area (Å²) in [6.07, 6.45) is 0.811. The van der Waals surface area contributed by atoms with Gasteiger partial charge in [0.1, 0.15) is 11.7 Å². The van der Waals surface area contributed by atoms with Crippen LogP contribution in [0.25, 0.3) is 0 Å². The third-order valence-electron chi connectivity index (χ3n) is 3.33. The highest BCUT2D eigenvalue weighted by Gasteiger charge is 2.28. The zero-order valence-corrected chi connectivity index (χ0v) is 14.2. The fourth-order valence-corrected chi connectivity index (χ4v) is 2.09. The van der Waals surface area contributed by atoms with E-state index in [-0.39, 0.29) is 12.2 Å². The number of carbonyl (C=O) groups excluding carboxylic acids is 1. The molecule has 0 unspecified atom stereocenters. The Hall–Kier alpha value is -1.73. The summed E-state index contributed by atoms with van der Waals surface area (Å²) in [7, 11) is 0. The van der Waals surface area contributed by atoms with Gasteiger partial charge in [-0.15, -0.1) is 5.01 Å². The number of amides is 1. The zero-order valence-electron chi connectivity index (χ0n) is 14.2. The van der Waals surface area contributed by atoms with Crippen molar-refractivity contribution in [2.24, 2.45) is 5.28 Å². The number of carbonyl (C=O) groups is 1. The maximum Gasteiger partial charge on any atom is 0.410 e. The number of piperidine rings is 1. The van der Waals surface area contributed by atoms with E-state index in [2.05, 4.69) is 5.28 Å². The molecule has 1 saturated heterocycles. The molecule has 1 rings (SSSR count). The minimum atomic E-state index is -0.493. The van der Waals surface area contributed by atoms with Crippen LogP contribution in [0.3, 0.4) is 0 Å². The molecule has 1 fully saturated rings. The second-order valence-corrected chi connectivity index (χ2v) is 6.25. The molecule has 1 aliphatic heterocycles. The maximum absolute atomic E-state index is 11.9. The third kappa shape index (κ3) is 5.95. The van der Waals surface area contributed by atoms with E-state index in [0.29, 0.717) is 44.0 Å². The molecular formula is C14H28N4O4. The smallest absolute Gasteiger partial charge is 0.410 e. The van der Waals surface area contributed by atoms with Gasteiger partial charge in [0, 0.05) is 25.9 Å². The van der Waals surface area contributed by atoms with Gasteiger partial charge in [-0.2, -0.15) is 0 Å². The minimum absolute atomic E-state index is 0.148. The molecule has 0 aliphatic carbocycles. The van der Waals surface area contributed by atoms with Crippen molar-refractivity contribution in [3.8, 4) is 0 Å². The molecule has 0 saturated carbocycles. The summed E-state index contributed by atoms with van der Waals surface area (Å²) in [6, 6.07) is 0. The molecule has 0 atom stereocenters. The topological polar surface area (TPSA) is 80.4 Å². The van der Waals surface area contributed by atoms with Crippen molar-refractivity contribution in [3.63, 3.8) is 0 Å². The average molecular weight is 316 g/mol. The second-order valence-electron chi connectivity index (χ2n) is 6.25. The van der Waals surface area contributed by atoms with Gasteiger partial charge in [-0.3, -0.25) is 0 Å². The Labute approximate surface area is 132 Å². The Bertz CT molecular complexity index is 383. The molecule has 0 spiro atoms. The van der Waals surface area contributed by atoms with Crippen LogP contribution in [0.5, 0.6) is 0 Å². The van der Waals surface area contributed by atoms with Crippen LogP contribution in [0.15, 0.2) is 5.28 Å². The van der Waals surface area contributed by atoms with Gasteiger partial charge >= 0.3 is 6.09 Å². The Morgan fingerprint density at radius 1 is 1.32 bits per heavy atom. The van der Waals surface area contributed by atoms with Crippen molar-refractivity contribution in [3.05, 3.63) is 5.21 Å². The van der Waals surface area contributed by atoms with E-state index in [1.54, 1.807) is 4.90 Å². The number of hydrogen-bond donors (Lipinski definition) is 0. The summed E-state index contributed by atoms with van der Waals surface area (Å²) in [4.78, 5) is 19.3. The van der Waals surface area contributed by atoms with Crippen molar-refractivity contribution < 1.29 is 19.3 Å². The van der Waals surface area contributed by atoms with Gasteiger partial charge in [0.25, 0.3) is 0 Å². The molecule has 0 aromatic rings. The molecule has 1 heterocycles. The summed E-state index contributed by atoms with van der Waals surface area (Å²) < 4.78 is 5.33. The first-order chi connectivity index (χ1) is 10.3. The highest BCUT2D eigenvalue weighted by Crippen LogP contribution is 2.17. The lowest BCUT2D eigenvalue weighted by Crippen LogP contribution is -2.43. The van der Waals surface area contributed by atoms with Crippen LogP contribution < -0.4 is 0 Å². The Morgan fingerprint density at radius 3 is 2.32 bits per heavy atom. The Kier molecular flexibility index (Phi) is 6.70. The monoisotopic (exact) mass is 316 g/mol. The maximum atomic E-state index is 11.9. The molecule has 0 aromatic heterocycles. The Morgan fingerprint density at radius 2 is 1.86 bits per heavy atom. The van der Waals surface area contributed by atoms with E-state index in [1.165, 1.54) is 5.01 Å². The van der Waals surface area contributed by atoms with E-state index < -0.39 is 5.60 Å². The highest BCUT2D eigenvalue weighted by atomic mass is 16.7. The van der Waals surface area contributed by atoms with Crippen LogP contribution >= 0.6 is 0 Å². The van der Waals surface area contributed by atoms with Crippen LogP contribution in [0.1, 0.15) is 47.5 Å². The predicted octanol–water partition coefficient (Wildman–Crippen LogP) is 2.54. The van der Waals surface area contributed by atoms with Crippen molar-refractivity contribution in [1.29, 1.82) is 0 Å². The number of ether oxygens (including phenoxy) is 1. The quantitative estimate of drug-likeness (QED) is 0.442. The SMILES string of the molecule is CCN(CC)/[N+]([O-])=N\OC1CCN(C(=O)OC(C)(C)C)CC1. The standard InChI is InChI=1S/C14H28N4O4/c1-6-17(7-2)18(20)15-22-12-8-10-16(11-9-12)13(19)21-14(3,4)5/h12H,6-11H2,1-5H3/b18-15+. The number of hydrogen-bond acceptors (Lipinski definition) is 5. The first-order valence-corrected chi connectivity index (χ1v) is 7.83. The number of nitrogens with zero attached hydrogens (tertiary/aromatic N) is 4. The van der Waals surface area contributed by atoms with Crippen LogP contribution in [0, 0.1) is 5.21 Å². The van der Waals surface area contributed by atoms with Crippen molar-refractivity contribution in [2.75, 3.05) is 26.2 Å². The number of likely N-dealkylation sites (tertiary alicyclic amines) is 1. The summed E-state index contributed by atoms with van der Waals surface area (Å²) in [5, 5.41) is 16.7. The lowest BCUT2D eigenvalue weighted by Gasteiger charge is -2.32. The summed E-state index contributed by atoms with van der Waals surface area (Å²) in [5.41, 5.74) is -0.493. The number of rotatable bonds is 5. The van der Waals surface area contributed by atoms with Crippen molar-refractivity contribution in [2.45, 2.75) is 59.2 Å². The van der Waals surface area contributed by atoms with Crippen molar-refractivity contribution >= 4 is 6.09 Å². The van der Waals surface area contributed by atoms with Gasteiger partial charge in [-0.05, 0) is 34.6 Å². The number of hydrazine groups is 1. The Balaban J connectivity index is 2.39. The fraction of sp³-hybridized carbons (Fsp3) is 0.929. The van der Waals surface area contributed by atoms with Crippen LogP contribution in [0.2, 0.25) is 0 Å². The first-order valence-electron chi connectivity index (χ1n) is 7.83. The molecule has 128 valence electrons. The zero-order chi connectivity index (χ0) is 16.8. The molecule has 0 aromatic carbocycles. The normalized spacial score (nSPS) is 17.3. The van der Waals surface area contributed by atoms with Crippen LogP contribution in [-0.2, 0) is 9.57 Å². The van der Waals surface area contributed by atoms with Crippen LogP contribution in [0.4, 0.5) is 4.79 Å². The third-order valence-corrected chi connectivity index (χ3v) is 3.33. The molecule has 22 heavy (non-hydrogen) atoms. The van der Waals surface area contributed by atoms with Gasteiger partial charge in [-0.25, -0.2) is 4.79 Å². The summed E-state index contributed by atoms with van der Waals surface area (Å²) in [6.45, 7) is 11.5. The second kappa shape index (κ2) is 8.05. The fourth-order valence-electron chi connectivity index (χ4n) is 2.09. The van der Waals surface area contributed by atoms with E-state index in [4.69, 9.17) is 9.57 Å². The lowest BCUT2D eigenvalue weighted by molar-refractivity contribution is -0.711. The molecule has 1 amide bonds. The molecule has 0 N–H and O–H groups in total. The van der Waals surface area contributed by atoms with Crippen LogP contribution in [-0.4, -0.2) is 58.9 Å². The van der Waals surface area contributed by atoms with E-state index in [0.717, 1.165) is 0 Å². The van der Waals surface area contributed by atoms with Gasteiger partial charge in [0.15, 0.2) is 0 Å². The summed E-state index contributed by atoms with van der Waals surface area (Å²) in [5.74, 6) is 0. The molecule has 8 nitrogen and oxygen atoms in total. The predicted molar refractivity (Wildman–Crippen MR) is 80.9 cm³/mol. The largest absolute Gasteiger partial charge is 0.569 e. The van der Waals surface area contributed by atoms with Gasteiger partial charge in [-0.1, -0.05) is 0 Å². The minimum Gasteiger partial charge on any atom is -0.569 e. The summed E-state index contributed by atoms with van der Waals surface area (Å²) >= 11 is 0.